The first-order chi connectivity index (χ1) is 11.1. The fraction of sp³-hybridized carbons (Fsp3) is 0.222. The standard InChI is InChI=1S/C18H18N2O3/c1-12-6-3-4-9-16(12)18-19-17(20-23-18)11-22-15-8-5-7-14(10-15)13(2)21/h3-10,13,21H,11H2,1-2H3/t13-/m0/s1. The molecule has 0 unspecified atom stereocenters. The van der Waals surface area contributed by atoms with Crippen LogP contribution in [-0.4, -0.2) is 15.2 Å². The van der Waals surface area contributed by atoms with Gasteiger partial charge < -0.3 is 14.4 Å². The lowest BCUT2D eigenvalue weighted by Gasteiger charge is -2.07. The molecular formula is C18H18N2O3. The van der Waals surface area contributed by atoms with Crippen LogP contribution in [0.1, 0.15) is 30.0 Å². The van der Waals surface area contributed by atoms with Gasteiger partial charge in [0.25, 0.3) is 5.89 Å². The number of benzene rings is 2. The molecule has 1 aromatic heterocycles. The van der Waals surface area contributed by atoms with E-state index >= 15 is 0 Å². The Bertz CT molecular complexity index is 796. The van der Waals surface area contributed by atoms with E-state index in [0.29, 0.717) is 17.5 Å². The average Bonchev–Trinajstić information content (AvgIpc) is 3.02. The minimum atomic E-state index is -0.531. The topological polar surface area (TPSA) is 68.4 Å². The van der Waals surface area contributed by atoms with Crippen molar-refractivity contribution in [2.24, 2.45) is 0 Å². The highest BCUT2D eigenvalue weighted by Crippen LogP contribution is 2.22. The van der Waals surface area contributed by atoms with Gasteiger partial charge in [0.15, 0.2) is 6.61 Å². The summed E-state index contributed by atoms with van der Waals surface area (Å²) in [6.07, 6.45) is -0.531. The van der Waals surface area contributed by atoms with Crippen molar-refractivity contribution in [2.75, 3.05) is 0 Å². The molecule has 2 aromatic carbocycles. The van der Waals surface area contributed by atoms with Crippen LogP contribution in [0.3, 0.4) is 0 Å². The molecule has 3 aromatic rings. The highest BCUT2D eigenvalue weighted by Gasteiger charge is 2.11. The Labute approximate surface area is 134 Å². The lowest BCUT2D eigenvalue weighted by molar-refractivity contribution is 0.198. The summed E-state index contributed by atoms with van der Waals surface area (Å²) in [6, 6.07) is 15.2. The molecule has 0 aliphatic rings. The minimum absolute atomic E-state index is 0.207. The number of aliphatic hydroxyl groups excluding tert-OH is 1. The van der Waals surface area contributed by atoms with Crippen LogP contribution in [0.4, 0.5) is 0 Å². The molecule has 118 valence electrons. The summed E-state index contributed by atoms with van der Waals surface area (Å²) in [4.78, 5) is 4.36. The summed E-state index contributed by atoms with van der Waals surface area (Å²) < 4.78 is 11.0. The molecule has 0 amide bonds. The number of hydrogen-bond donors (Lipinski definition) is 1. The van der Waals surface area contributed by atoms with Crippen molar-refractivity contribution in [1.82, 2.24) is 10.1 Å². The Morgan fingerprint density at radius 3 is 2.78 bits per heavy atom. The van der Waals surface area contributed by atoms with Gasteiger partial charge in [0, 0.05) is 5.56 Å². The van der Waals surface area contributed by atoms with Crippen LogP contribution in [0.5, 0.6) is 5.75 Å². The molecule has 23 heavy (non-hydrogen) atoms. The Balaban J connectivity index is 1.70. The molecule has 5 nitrogen and oxygen atoms in total. The number of ether oxygens (including phenoxy) is 1. The van der Waals surface area contributed by atoms with Gasteiger partial charge in [-0.1, -0.05) is 35.5 Å². The van der Waals surface area contributed by atoms with E-state index in [1.165, 1.54) is 0 Å². The van der Waals surface area contributed by atoms with Crippen molar-refractivity contribution in [3.05, 3.63) is 65.5 Å². The van der Waals surface area contributed by atoms with Crippen LogP contribution in [0.25, 0.3) is 11.5 Å². The van der Waals surface area contributed by atoms with Crippen LogP contribution < -0.4 is 4.74 Å². The van der Waals surface area contributed by atoms with E-state index in [1.807, 2.05) is 49.4 Å². The second-order valence-corrected chi connectivity index (χ2v) is 5.37. The van der Waals surface area contributed by atoms with Gasteiger partial charge in [0.2, 0.25) is 5.82 Å². The monoisotopic (exact) mass is 310 g/mol. The molecule has 1 atom stereocenters. The molecule has 0 saturated carbocycles. The third-order valence-electron chi connectivity index (χ3n) is 3.55. The smallest absolute Gasteiger partial charge is 0.258 e. The van der Waals surface area contributed by atoms with Gasteiger partial charge in [-0.15, -0.1) is 0 Å². The molecule has 0 aliphatic carbocycles. The van der Waals surface area contributed by atoms with E-state index in [2.05, 4.69) is 10.1 Å². The molecule has 0 fully saturated rings. The van der Waals surface area contributed by atoms with E-state index in [0.717, 1.165) is 16.7 Å². The SMILES string of the molecule is Cc1ccccc1-c1nc(COc2cccc([C@H](C)O)c2)no1. The zero-order chi connectivity index (χ0) is 16.2. The summed E-state index contributed by atoms with van der Waals surface area (Å²) in [5, 5.41) is 13.5. The van der Waals surface area contributed by atoms with Crippen molar-refractivity contribution in [1.29, 1.82) is 0 Å². The van der Waals surface area contributed by atoms with Gasteiger partial charge in [0.1, 0.15) is 5.75 Å². The predicted molar refractivity (Wildman–Crippen MR) is 85.9 cm³/mol. The first-order valence-electron chi connectivity index (χ1n) is 7.43. The zero-order valence-corrected chi connectivity index (χ0v) is 13.1. The molecule has 5 heteroatoms. The van der Waals surface area contributed by atoms with Gasteiger partial charge in [-0.25, -0.2) is 0 Å². The maximum atomic E-state index is 9.59. The molecule has 3 rings (SSSR count). The first kappa shape index (κ1) is 15.2. The summed E-state index contributed by atoms with van der Waals surface area (Å²) in [7, 11) is 0. The van der Waals surface area contributed by atoms with Crippen LogP contribution in [-0.2, 0) is 6.61 Å². The molecule has 0 spiro atoms. The quantitative estimate of drug-likeness (QED) is 0.778. The lowest BCUT2D eigenvalue weighted by Crippen LogP contribution is -1.99. The third-order valence-corrected chi connectivity index (χ3v) is 3.55. The largest absolute Gasteiger partial charge is 0.485 e. The predicted octanol–water partition coefficient (Wildman–Crippen LogP) is 3.68. The van der Waals surface area contributed by atoms with Crippen molar-refractivity contribution in [2.45, 2.75) is 26.6 Å². The highest BCUT2D eigenvalue weighted by molar-refractivity contribution is 5.57. The molecule has 0 aliphatic heterocycles. The van der Waals surface area contributed by atoms with Crippen molar-refractivity contribution >= 4 is 0 Å². The number of rotatable bonds is 5. The van der Waals surface area contributed by atoms with E-state index in [1.54, 1.807) is 13.0 Å². The molecular weight excluding hydrogens is 292 g/mol. The zero-order valence-electron chi connectivity index (χ0n) is 13.1. The molecule has 0 radical (unpaired) electrons. The highest BCUT2D eigenvalue weighted by atomic mass is 16.5. The van der Waals surface area contributed by atoms with Crippen molar-refractivity contribution in [3.63, 3.8) is 0 Å². The fourth-order valence-corrected chi connectivity index (χ4v) is 2.25. The number of aryl methyl sites for hydroxylation is 1. The Morgan fingerprint density at radius 1 is 1.17 bits per heavy atom. The van der Waals surface area contributed by atoms with Gasteiger partial charge in [-0.3, -0.25) is 0 Å². The third kappa shape index (κ3) is 3.57. The number of aromatic nitrogens is 2. The second-order valence-electron chi connectivity index (χ2n) is 5.37. The van der Waals surface area contributed by atoms with Gasteiger partial charge in [-0.2, -0.15) is 4.98 Å². The average molecular weight is 310 g/mol. The maximum Gasteiger partial charge on any atom is 0.258 e. The molecule has 0 bridgehead atoms. The maximum absolute atomic E-state index is 9.59. The van der Waals surface area contributed by atoms with Gasteiger partial charge >= 0.3 is 0 Å². The number of hydrogen-bond acceptors (Lipinski definition) is 5. The second kappa shape index (κ2) is 6.62. The Hall–Kier alpha value is -2.66. The molecule has 1 heterocycles. The number of aliphatic hydroxyl groups is 1. The Morgan fingerprint density at radius 2 is 2.00 bits per heavy atom. The molecule has 0 saturated heterocycles. The van der Waals surface area contributed by atoms with E-state index < -0.39 is 6.10 Å². The Kier molecular flexibility index (Phi) is 4.39. The van der Waals surface area contributed by atoms with Crippen LogP contribution in [0.2, 0.25) is 0 Å². The summed E-state index contributed by atoms with van der Waals surface area (Å²) in [6.45, 7) is 3.92. The van der Waals surface area contributed by atoms with Crippen LogP contribution in [0, 0.1) is 6.92 Å². The number of nitrogens with zero attached hydrogens (tertiary/aromatic N) is 2. The van der Waals surface area contributed by atoms with E-state index in [4.69, 9.17) is 9.26 Å². The normalized spacial score (nSPS) is 12.1. The molecule has 1 N–H and O–H groups in total. The minimum Gasteiger partial charge on any atom is -0.485 e. The van der Waals surface area contributed by atoms with E-state index in [9.17, 15) is 5.11 Å². The van der Waals surface area contributed by atoms with Crippen LogP contribution >= 0.6 is 0 Å². The van der Waals surface area contributed by atoms with Gasteiger partial charge in [-0.05, 0) is 43.2 Å². The van der Waals surface area contributed by atoms with E-state index in [-0.39, 0.29) is 6.61 Å². The van der Waals surface area contributed by atoms with Gasteiger partial charge in [0.05, 0.1) is 6.10 Å². The van der Waals surface area contributed by atoms with Crippen LogP contribution in [0.15, 0.2) is 53.1 Å². The van der Waals surface area contributed by atoms with Crippen molar-refractivity contribution < 1.29 is 14.4 Å². The lowest BCUT2D eigenvalue weighted by atomic mass is 10.1. The summed E-state index contributed by atoms with van der Waals surface area (Å²) >= 11 is 0. The fourth-order valence-electron chi connectivity index (χ4n) is 2.25. The van der Waals surface area contributed by atoms with Crippen molar-refractivity contribution in [3.8, 4) is 17.2 Å². The first-order valence-corrected chi connectivity index (χ1v) is 7.43. The summed E-state index contributed by atoms with van der Waals surface area (Å²) in [5.41, 5.74) is 2.80. The summed E-state index contributed by atoms with van der Waals surface area (Å²) in [5.74, 6) is 1.62.